The molecule has 130 valence electrons. The van der Waals surface area contributed by atoms with Gasteiger partial charge in [0.05, 0.1) is 25.8 Å². The maximum Gasteiger partial charge on any atom is 0.234 e. The lowest BCUT2D eigenvalue weighted by Crippen LogP contribution is -2.44. The number of thioether (sulfide) groups is 1. The van der Waals surface area contributed by atoms with Crippen LogP contribution >= 0.6 is 11.8 Å². The normalized spacial score (nSPS) is 20.2. The zero-order valence-electron chi connectivity index (χ0n) is 14.1. The molecule has 2 aromatic carbocycles. The number of amides is 1. The van der Waals surface area contributed by atoms with Crippen LogP contribution in [0.25, 0.3) is 0 Å². The van der Waals surface area contributed by atoms with Crippen LogP contribution in [-0.2, 0) is 15.3 Å². The number of carbonyl (C=O) groups is 1. The van der Waals surface area contributed by atoms with Gasteiger partial charge < -0.3 is 10.1 Å². The molecule has 1 saturated heterocycles. The summed E-state index contributed by atoms with van der Waals surface area (Å²) in [5, 5.41) is 3.28. The number of benzene rings is 2. The van der Waals surface area contributed by atoms with Gasteiger partial charge in [-0.3, -0.25) is 9.69 Å². The Morgan fingerprint density at radius 3 is 2.64 bits per heavy atom. The van der Waals surface area contributed by atoms with Crippen molar-refractivity contribution in [3.63, 3.8) is 0 Å². The number of carbonyl (C=O) groups excluding carboxylic acids is 1. The summed E-state index contributed by atoms with van der Waals surface area (Å²) in [6.45, 7) is 3.48. The van der Waals surface area contributed by atoms with E-state index in [1.54, 1.807) is 0 Å². The lowest BCUT2D eigenvalue weighted by molar-refractivity contribution is -0.123. The van der Waals surface area contributed by atoms with Crippen LogP contribution in [-0.4, -0.2) is 43.7 Å². The number of fused-ring (bicyclic) bond motifs is 2. The van der Waals surface area contributed by atoms with Crippen molar-refractivity contribution in [2.75, 3.05) is 32.8 Å². The lowest BCUT2D eigenvalue weighted by atomic mass is 9.95. The second-order valence-corrected chi connectivity index (χ2v) is 7.43. The van der Waals surface area contributed by atoms with Gasteiger partial charge in [0.15, 0.2) is 0 Å². The highest BCUT2D eigenvalue weighted by Crippen LogP contribution is 2.39. The highest BCUT2D eigenvalue weighted by molar-refractivity contribution is 7.98. The first-order chi connectivity index (χ1) is 12.3. The summed E-state index contributed by atoms with van der Waals surface area (Å²) in [4.78, 5) is 16.1. The molecule has 0 spiro atoms. The molecule has 0 unspecified atom stereocenters. The number of rotatable bonds is 3. The summed E-state index contributed by atoms with van der Waals surface area (Å²) in [6, 6.07) is 16.7. The Kier molecular flexibility index (Phi) is 5.06. The van der Waals surface area contributed by atoms with Crippen molar-refractivity contribution in [3.05, 3.63) is 65.2 Å². The third-order valence-corrected chi connectivity index (χ3v) is 5.89. The number of nitrogens with one attached hydrogen (secondary N) is 1. The summed E-state index contributed by atoms with van der Waals surface area (Å²) in [5.41, 5.74) is 3.68. The predicted octanol–water partition coefficient (Wildman–Crippen LogP) is 2.83. The smallest absolute Gasteiger partial charge is 0.234 e. The van der Waals surface area contributed by atoms with E-state index in [-0.39, 0.29) is 11.9 Å². The van der Waals surface area contributed by atoms with Gasteiger partial charge in [-0.1, -0.05) is 42.5 Å². The second kappa shape index (κ2) is 7.60. The van der Waals surface area contributed by atoms with E-state index in [2.05, 4.69) is 58.7 Å². The van der Waals surface area contributed by atoms with Gasteiger partial charge in [-0.2, -0.15) is 0 Å². The fraction of sp³-hybridized carbons (Fsp3) is 0.350. The minimum atomic E-state index is -0.0871. The number of hydrogen-bond acceptors (Lipinski definition) is 4. The molecule has 5 heteroatoms. The summed E-state index contributed by atoms with van der Waals surface area (Å²) >= 11 is 1.84. The molecule has 1 atom stereocenters. The van der Waals surface area contributed by atoms with Gasteiger partial charge in [0.2, 0.25) is 5.91 Å². The topological polar surface area (TPSA) is 41.6 Å². The lowest BCUT2D eigenvalue weighted by Gasteiger charge is -2.27. The maximum atomic E-state index is 12.7. The fourth-order valence-electron chi connectivity index (χ4n) is 3.45. The highest BCUT2D eigenvalue weighted by atomic mass is 32.2. The van der Waals surface area contributed by atoms with E-state index in [0.717, 1.165) is 18.8 Å². The fourth-order valence-corrected chi connectivity index (χ4v) is 4.55. The molecular weight excluding hydrogens is 332 g/mol. The van der Waals surface area contributed by atoms with Crippen LogP contribution in [0.1, 0.15) is 22.7 Å². The number of nitrogens with zero attached hydrogens (tertiary/aromatic N) is 1. The molecule has 2 aromatic rings. The predicted molar refractivity (Wildman–Crippen MR) is 99.7 cm³/mol. The molecule has 1 amide bonds. The van der Waals surface area contributed by atoms with Gasteiger partial charge in [0, 0.05) is 23.7 Å². The minimum absolute atomic E-state index is 0.0726. The molecular formula is C20H22N2O2S. The zero-order valence-corrected chi connectivity index (χ0v) is 14.9. The molecule has 2 heterocycles. The van der Waals surface area contributed by atoms with E-state index in [1.165, 1.54) is 21.6 Å². The monoisotopic (exact) mass is 354 g/mol. The van der Waals surface area contributed by atoms with Gasteiger partial charge in [-0.25, -0.2) is 0 Å². The van der Waals surface area contributed by atoms with E-state index in [9.17, 15) is 4.79 Å². The molecule has 0 bridgehead atoms. The van der Waals surface area contributed by atoms with E-state index in [0.29, 0.717) is 19.8 Å². The quantitative estimate of drug-likeness (QED) is 0.920. The largest absolute Gasteiger partial charge is 0.379 e. The van der Waals surface area contributed by atoms with Crippen molar-refractivity contribution in [1.29, 1.82) is 0 Å². The van der Waals surface area contributed by atoms with Crippen LogP contribution in [0.2, 0.25) is 0 Å². The Balaban J connectivity index is 1.60. The molecule has 25 heavy (non-hydrogen) atoms. The van der Waals surface area contributed by atoms with Gasteiger partial charge in [-0.15, -0.1) is 11.8 Å². The standard InChI is InChI=1S/C20H22N2O2S/c23-19(13-22-9-11-24-12-10-22)21-20-16-6-2-1-5-15(16)14-25-18-8-4-3-7-17(18)20/h1-8,20H,9-14H2,(H,21,23)/t20-/m1/s1. The van der Waals surface area contributed by atoms with Crippen molar-refractivity contribution >= 4 is 17.7 Å². The van der Waals surface area contributed by atoms with Crippen LogP contribution in [0.4, 0.5) is 0 Å². The van der Waals surface area contributed by atoms with Gasteiger partial charge in [0.1, 0.15) is 0 Å². The summed E-state index contributed by atoms with van der Waals surface area (Å²) in [6.07, 6.45) is 0. The molecule has 4 rings (SSSR count). The number of hydrogen-bond donors (Lipinski definition) is 1. The summed E-state index contributed by atoms with van der Waals surface area (Å²) < 4.78 is 5.36. The van der Waals surface area contributed by atoms with Crippen molar-refractivity contribution < 1.29 is 9.53 Å². The summed E-state index contributed by atoms with van der Waals surface area (Å²) in [7, 11) is 0. The average Bonchev–Trinajstić information content (AvgIpc) is 2.80. The van der Waals surface area contributed by atoms with Crippen molar-refractivity contribution in [2.24, 2.45) is 0 Å². The first-order valence-corrected chi connectivity index (χ1v) is 9.69. The molecule has 0 saturated carbocycles. The van der Waals surface area contributed by atoms with Gasteiger partial charge >= 0.3 is 0 Å². The number of ether oxygens (including phenoxy) is 1. The molecule has 4 nitrogen and oxygen atoms in total. The molecule has 0 radical (unpaired) electrons. The molecule has 0 aliphatic carbocycles. The molecule has 1 fully saturated rings. The summed E-state index contributed by atoms with van der Waals surface area (Å²) in [5.74, 6) is 1.01. The zero-order chi connectivity index (χ0) is 17.1. The molecule has 2 aliphatic heterocycles. The SMILES string of the molecule is O=C(CN1CCOCC1)N[C@@H]1c2ccccc2CSc2ccccc21. The Hall–Kier alpha value is -1.82. The highest BCUT2D eigenvalue weighted by Gasteiger charge is 2.25. The maximum absolute atomic E-state index is 12.7. The first-order valence-electron chi connectivity index (χ1n) is 8.70. The minimum Gasteiger partial charge on any atom is -0.379 e. The molecule has 0 aromatic heterocycles. The van der Waals surface area contributed by atoms with Gasteiger partial charge in [0.25, 0.3) is 0 Å². The molecule has 1 N–H and O–H groups in total. The Morgan fingerprint density at radius 2 is 1.80 bits per heavy atom. The van der Waals surface area contributed by atoms with Crippen LogP contribution in [0, 0.1) is 0 Å². The van der Waals surface area contributed by atoms with E-state index >= 15 is 0 Å². The molecule has 2 aliphatic rings. The van der Waals surface area contributed by atoms with Crippen molar-refractivity contribution in [3.8, 4) is 0 Å². The van der Waals surface area contributed by atoms with Crippen LogP contribution in [0.3, 0.4) is 0 Å². The van der Waals surface area contributed by atoms with Gasteiger partial charge in [-0.05, 0) is 22.8 Å². The van der Waals surface area contributed by atoms with Crippen molar-refractivity contribution in [1.82, 2.24) is 10.2 Å². The van der Waals surface area contributed by atoms with Crippen LogP contribution in [0.5, 0.6) is 0 Å². The third-order valence-electron chi connectivity index (χ3n) is 4.76. The number of morpholine rings is 1. The Labute approximate surface area is 152 Å². The van der Waals surface area contributed by atoms with Crippen LogP contribution in [0.15, 0.2) is 53.4 Å². The Bertz CT molecular complexity index is 711. The Morgan fingerprint density at radius 1 is 1.08 bits per heavy atom. The van der Waals surface area contributed by atoms with E-state index < -0.39 is 0 Å². The van der Waals surface area contributed by atoms with E-state index in [1.807, 2.05) is 11.8 Å². The van der Waals surface area contributed by atoms with Crippen LogP contribution < -0.4 is 5.32 Å². The van der Waals surface area contributed by atoms with Crippen molar-refractivity contribution in [2.45, 2.75) is 16.7 Å². The van der Waals surface area contributed by atoms with E-state index in [4.69, 9.17) is 4.74 Å². The second-order valence-electron chi connectivity index (χ2n) is 6.41. The first kappa shape index (κ1) is 16.6. The third kappa shape index (κ3) is 3.73. The average molecular weight is 354 g/mol.